The number of carbonyl (C=O) groups is 1. The van der Waals surface area contributed by atoms with Gasteiger partial charge in [-0.25, -0.2) is 0 Å². The fourth-order valence-electron chi connectivity index (χ4n) is 2.95. The van der Waals surface area contributed by atoms with E-state index in [0.29, 0.717) is 24.9 Å². The first-order valence-electron chi connectivity index (χ1n) is 9.96. The summed E-state index contributed by atoms with van der Waals surface area (Å²) in [6.07, 6.45) is 10.1. The predicted molar refractivity (Wildman–Crippen MR) is 101 cm³/mol. The maximum atomic E-state index is 12.1. The molecule has 0 radical (unpaired) electrons. The monoisotopic (exact) mass is 326 g/mol. The molecule has 2 heteroatoms. The molecule has 0 rings (SSSR count). The van der Waals surface area contributed by atoms with Crippen molar-refractivity contribution in [1.82, 2.24) is 0 Å². The van der Waals surface area contributed by atoms with Crippen molar-refractivity contribution < 1.29 is 9.53 Å². The van der Waals surface area contributed by atoms with Gasteiger partial charge in [0.2, 0.25) is 0 Å². The lowest BCUT2D eigenvalue weighted by molar-refractivity contribution is -0.145. The fourth-order valence-corrected chi connectivity index (χ4v) is 2.95. The average molecular weight is 327 g/mol. The van der Waals surface area contributed by atoms with Crippen LogP contribution in [0.4, 0.5) is 0 Å². The van der Waals surface area contributed by atoms with Gasteiger partial charge >= 0.3 is 5.97 Å². The van der Waals surface area contributed by atoms with E-state index in [9.17, 15) is 4.79 Å². The van der Waals surface area contributed by atoms with Crippen LogP contribution in [-0.4, -0.2) is 12.6 Å². The molecule has 0 aromatic heterocycles. The van der Waals surface area contributed by atoms with Crippen LogP contribution in [0.2, 0.25) is 0 Å². The molecule has 0 saturated carbocycles. The van der Waals surface area contributed by atoms with Crippen molar-refractivity contribution >= 4 is 5.97 Å². The van der Waals surface area contributed by atoms with Gasteiger partial charge in [0.1, 0.15) is 0 Å². The fraction of sp³-hybridized carbons (Fsp3) is 0.952. The number of ether oxygens (including phenoxy) is 1. The first-order valence-corrected chi connectivity index (χ1v) is 9.96. The lowest BCUT2D eigenvalue weighted by Gasteiger charge is -2.17. The lowest BCUT2D eigenvalue weighted by atomic mass is 9.90. The molecule has 0 bridgehead atoms. The topological polar surface area (TPSA) is 26.3 Å². The Morgan fingerprint density at radius 1 is 0.696 bits per heavy atom. The molecule has 0 aliphatic rings. The third kappa shape index (κ3) is 16.1. The summed E-state index contributed by atoms with van der Waals surface area (Å²) < 4.78 is 5.44. The SMILES string of the molecule is CC(C)CCCOC(=O)CC(CCCC(C)C)CCCC(C)C. The highest BCUT2D eigenvalue weighted by molar-refractivity contribution is 5.69. The summed E-state index contributed by atoms with van der Waals surface area (Å²) in [7, 11) is 0. The summed E-state index contributed by atoms with van der Waals surface area (Å²) in [6.45, 7) is 14.1. The van der Waals surface area contributed by atoms with Gasteiger partial charge in [-0.2, -0.15) is 0 Å². The zero-order chi connectivity index (χ0) is 17.7. The molecule has 0 aromatic rings. The van der Waals surface area contributed by atoms with Gasteiger partial charge in [-0.05, 0) is 49.4 Å². The van der Waals surface area contributed by atoms with Crippen LogP contribution in [0.15, 0.2) is 0 Å². The summed E-state index contributed by atoms with van der Waals surface area (Å²) in [4.78, 5) is 12.1. The maximum absolute atomic E-state index is 12.1. The van der Waals surface area contributed by atoms with E-state index in [4.69, 9.17) is 4.74 Å². The van der Waals surface area contributed by atoms with Crippen molar-refractivity contribution in [3.05, 3.63) is 0 Å². The second kappa shape index (κ2) is 13.9. The third-order valence-electron chi connectivity index (χ3n) is 4.43. The molecule has 0 aromatic carbocycles. The highest BCUT2D eigenvalue weighted by Crippen LogP contribution is 2.23. The number of hydrogen-bond acceptors (Lipinski definition) is 2. The summed E-state index contributed by atoms with van der Waals surface area (Å²) in [6, 6.07) is 0. The van der Waals surface area contributed by atoms with E-state index in [0.717, 1.165) is 24.7 Å². The molecule has 0 N–H and O–H groups in total. The zero-order valence-electron chi connectivity index (χ0n) is 16.7. The Hall–Kier alpha value is -0.530. The maximum Gasteiger partial charge on any atom is 0.306 e. The molecule has 0 saturated heterocycles. The van der Waals surface area contributed by atoms with Crippen molar-refractivity contribution in [3.63, 3.8) is 0 Å². The predicted octanol–water partition coefficient (Wildman–Crippen LogP) is 6.62. The first kappa shape index (κ1) is 22.5. The molecular formula is C21H42O2. The van der Waals surface area contributed by atoms with E-state index in [1.54, 1.807) is 0 Å². The van der Waals surface area contributed by atoms with Crippen LogP contribution >= 0.6 is 0 Å². The van der Waals surface area contributed by atoms with E-state index in [2.05, 4.69) is 41.5 Å². The van der Waals surface area contributed by atoms with Crippen LogP contribution in [0.5, 0.6) is 0 Å². The number of carbonyl (C=O) groups excluding carboxylic acids is 1. The Bertz CT molecular complexity index is 268. The standard InChI is InChI=1S/C21H42O2/c1-17(2)10-7-13-20(14-8-11-18(3)4)16-21(22)23-15-9-12-19(5)6/h17-20H,7-16H2,1-6H3. The minimum absolute atomic E-state index is 0.0212. The van der Waals surface area contributed by atoms with Gasteiger partial charge in [-0.1, -0.05) is 67.2 Å². The Labute approximate surface area is 145 Å². The lowest BCUT2D eigenvalue weighted by Crippen LogP contribution is -2.13. The molecule has 0 atom stereocenters. The second-order valence-corrected chi connectivity index (χ2v) is 8.48. The summed E-state index contributed by atoms with van der Waals surface area (Å²) in [5.41, 5.74) is 0. The quantitative estimate of drug-likeness (QED) is 0.265. The molecule has 0 heterocycles. The molecule has 138 valence electrons. The molecule has 0 unspecified atom stereocenters. The number of rotatable bonds is 14. The Kier molecular flexibility index (Phi) is 13.5. The van der Waals surface area contributed by atoms with Crippen molar-refractivity contribution in [2.24, 2.45) is 23.7 Å². The molecule has 0 aliphatic carbocycles. The van der Waals surface area contributed by atoms with Gasteiger partial charge in [0.05, 0.1) is 6.61 Å². The minimum atomic E-state index is 0.0212. The van der Waals surface area contributed by atoms with Crippen molar-refractivity contribution in [2.45, 2.75) is 99.3 Å². The highest BCUT2D eigenvalue weighted by atomic mass is 16.5. The smallest absolute Gasteiger partial charge is 0.306 e. The highest BCUT2D eigenvalue weighted by Gasteiger charge is 2.15. The van der Waals surface area contributed by atoms with Gasteiger partial charge in [0.15, 0.2) is 0 Å². The normalized spacial score (nSPS) is 11.9. The van der Waals surface area contributed by atoms with Crippen LogP contribution in [0.1, 0.15) is 99.3 Å². The largest absolute Gasteiger partial charge is 0.466 e. The van der Waals surface area contributed by atoms with E-state index in [-0.39, 0.29) is 5.97 Å². The first-order chi connectivity index (χ1) is 10.8. The summed E-state index contributed by atoms with van der Waals surface area (Å²) in [5, 5.41) is 0. The molecule has 23 heavy (non-hydrogen) atoms. The van der Waals surface area contributed by atoms with Gasteiger partial charge < -0.3 is 4.74 Å². The van der Waals surface area contributed by atoms with Crippen LogP contribution in [0, 0.1) is 23.7 Å². The van der Waals surface area contributed by atoms with E-state index >= 15 is 0 Å². The van der Waals surface area contributed by atoms with Gasteiger partial charge in [0, 0.05) is 6.42 Å². The molecule has 0 fully saturated rings. The van der Waals surface area contributed by atoms with E-state index in [1.807, 2.05) is 0 Å². The van der Waals surface area contributed by atoms with Gasteiger partial charge in [-0.3, -0.25) is 4.79 Å². The van der Waals surface area contributed by atoms with E-state index in [1.165, 1.54) is 38.5 Å². The molecule has 0 aliphatic heterocycles. The summed E-state index contributed by atoms with van der Waals surface area (Å²) in [5.74, 6) is 2.75. The zero-order valence-corrected chi connectivity index (χ0v) is 16.7. The Morgan fingerprint density at radius 3 is 1.57 bits per heavy atom. The molecular weight excluding hydrogens is 284 g/mol. The molecule has 2 nitrogen and oxygen atoms in total. The average Bonchev–Trinajstić information content (AvgIpc) is 2.42. The van der Waals surface area contributed by atoms with Gasteiger partial charge in [0.25, 0.3) is 0 Å². The molecule has 0 spiro atoms. The van der Waals surface area contributed by atoms with Crippen molar-refractivity contribution in [3.8, 4) is 0 Å². The van der Waals surface area contributed by atoms with Crippen LogP contribution in [0.3, 0.4) is 0 Å². The van der Waals surface area contributed by atoms with E-state index < -0.39 is 0 Å². The Morgan fingerprint density at radius 2 is 1.13 bits per heavy atom. The van der Waals surface area contributed by atoms with Crippen molar-refractivity contribution in [1.29, 1.82) is 0 Å². The third-order valence-corrected chi connectivity index (χ3v) is 4.43. The minimum Gasteiger partial charge on any atom is -0.466 e. The van der Waals surface area contributed by atoms with Crippen LogP contribution in [-0.2, 0) is 9.53 Å². The number of hydrogen-bond donors (Lipinski definition) is 0. The van der Waals surface area contributed by atoms with Crippen LogP contribution in [0.25, 0.3) is 0 Å². The van der Waals surface area contributed by atoms with Crippen LogP contribution < -0.4 is 0 Å². The number of esters is 1. The van der Waals surface area contributed by atoms with Gasteiger partial charge in [-0.15, -0.1) is 0 Å². The summed E-state index contributed by atoms with van der Waals surface area (Å²) >= 11 is 0. The van der Waals surface area contributed by atoms with Crippen molar-refractivity contribution in [2.75, 3.05) is 6.61 Å². The molecule has 0 amide bonds. The Balaban J connectivity index is 4.07. The second-order valence-electron chi connectivity index (χ2n) is 8.48.